The maximum Gasteiger partial charge on any atom is 0.490 e. The van der Waals surface area contributed by atoms with Gasteiger partial charge in [0.2, 0.25) is 5.91 Å². The number of nitrogens with zero attached hydrogens (tertiary/aromatic N) is 4. The number of carbonyl (C=O) groups is 3. The van der Waals surface area contributed by atoms with E-state index in [1.807, 2.05) is 22.6 Å². The lowest BCUT2D eigenvalue weighted by Crippen LogP contribution is -2.67. The van der Waals surface area contributed by atoms with Crippen LogP contribution in [0.1, 0.15) is 17.8 Å². The molecule has 0 aromatic carbocycles. The molecule has 1 amide bonds. The van der Waals surface area contributed by atoms with E-state index < -0.39 is 24.3 Å². The predicted octanol–water partition coefficient (Wildman–Crippen LogP) is 2.70. The molecule has 1 aromatic rings. The Morgan fingerprint density at radius 1 is 1.08 bits per heavy atom. The number of hydrogen-bond acceptors (Lipinski definition) is 7. The predicted molar refractivity (Wildman–Crippen MR) is 116 cm³/mol. The summed E-state index contributed by atoms with van der Waals surface area (Å²) in [7, 11) is 2.10. The number of amides is 1. The summed E-state index contributed by atoms with van der Waals surface area (Å²) in [4.78, 5) is 41.7. The highest BCUT2D eigenvalue weighted by molar-refractivity contribution is 7.09. The molecule has 2 saturated heterocycles. The van der Waals surface area contributed by atoms with Gasteiger partial charge >= 0.3 is 24.3 Å². The molecule has 0 atom stereocenters. The number of carboxylic acids is 2. The number of aromatic nitrogens is 1. The molecule has 2 N–H and O–H groups in total. The van der Waals surface area contributed by atoms with Crippen LogP contribution < -0.4 is 0 Å². The van der Waals surface area contributed by atoms with E-state index in [9.17, 15) is 31.1 Å². The van der Waals surface area contributed by atoms with E-state index in [2.05, 4.69) is 28.4 Å². The van der Waals surface area contributed by atoms with Gasteiger partial charge in [0.05, 0.1) is 6.54 Å². The van der Waals surface area contributed by atoms with Crippen LogP contribution in [0.25, 0.3) is 0 Å². The van der Waals surface area contributed by atoms with Gasteiger partial charge in [0.1, 0.15) is 10.5 Å². The van der Waals surface area contributed by atoms with Crippen molar-refractivity contribution in [1.29, 1.82) is 0 Å². The number of piperazine rings is 1. The van der Waals surface area contributed by atoms with E-state index in [1.54, 1.807) is 11.3 Å². The van der Waals surface area contributed by atoms with Crippen molar-refractivity contribution < 1.29 is 50.9 Å². The summed E-state index contributed by atoms with van der Waals surface area (Å²) in [5.41, 5.74) is -0.305. The van der Waals surface area contributed by atoms with Crippen molar-refractivity contribution in [2.24, 2.45) is 0 Å². The molecule has 36 heavy (non-hydrogen) atoms. The quantitative estimate of drug-likeness (QED) is 0.436. The summed E-state index contributed by atoms with van der Waals surface area (Å²) in [5, 5.41) is 17.4. The lowest BCUT2D eigenvalue weighted by atomic mass is 9.83. The first-order chi connectivity index (χ1) is 16.5. The Labute approximate surface area is 206 Å². The van der Waals surface area contributed by atoms with Crippen molar-refractivity contribution >= 4 is 29.2 Å². The second-order valence-electron chi connectivity index (χ2n) is 7.80. The molecule has 3 rings (SSSR count). The first-order valence-corrected chi connectivity index (χ1v) is 11.2. The standard InChI is InChI=1S/C16H24N4OS.2C2HF3O2/c1-3-7-20-11-10-18(2)16(15(20)21)4-8-19(9-5-16)13-14-17-6-12-22-14;2*3-2(4,5)1(6)7/h3,6,12H,1,4-5,7-11,13H2,2H3;2*(H,6,7). The summed E-state index contributed by atoms with van der Waals surface area (Å²) in [6, 6.07) is 0. The number of aliphatic carboxylic acids is 2. The summed E-state index contributed by atoms with van der Waals surface area (Å²) in [5.74, 6) is -5.23. The number of alkyl halides is 6. The molecule has 1 spiro atoms. The van der Waals surface area contributed by atoms with Gasteiger partial charge in [0.25, 0.3) is 0 Å². The number of carbonyl (C=O) groups excluding carboxylic acids is 1. The summed E-state index contributed by atoms with van der Waals surface area (Å²) in [6.45, 7) is 9.02. The zero-order valence-corrected chi connectivity index (χ0v) is 20.0. The molecular formula is C20H26F6N4O5S. The first-order valence-electron chi connectivity index (χ1n) is 10.4. The molecule has 0 bridgehead atoms. The number of likely N-dealkylation sites (tertiary alicyclic amines) is 1. The molecule has 16 heteroatoms. The Bertz CT molecular complexity index is 862. The topological polar surface area (TPSA) is 114 Å². The number of halogens is 6. The van der Waals surface area contributed by atoms with Crippen molar-refractivity contribution in [2.75, 3.05) is 39.8 Å². The third-order valence-electron chi connectivity index (χ3n) is 5.48. The van der Waals surface area contributed by atoms with Gasteiger partial charge in [0.15, 0.2) is 0 Å². The van der Waals surface area contributed by atoms with E-state index >= 15 is 0 Å². The molecule has 2 aliphatic heterocycles. The zero-order valence-electron chi connectivity index (χ0n) is 19.2. The van der Waals surface area contributed by atoms with Gasteiger partial charge in [-0.3, -0.25) is 14.6 Å². The minimum atomic E-state index is -5.08. The summed E-state index contributed by atoms with van der Waals surface area (Å²) in [6.07, 6.45) is -4.67. The van der Waals surface area contributed by atoms with E-state index in [4.69, 9.17) is 19.8 Å². The number of piperidine rings is 1. The van der Waals surface area contributed by atoms with Crippen LogP contribution in [0.3, 0.4) is 0 Å². The van der Waals surface area contributed by atoms with Gasteiger partial charge in [-0.15, -0.1) is 17.9 Å². The minimum Gasteiger partial charge on any atom is -0.475 e. The van der Waals surface area contributed by atoms with Gasteiger partial charge in [-0.25, -0.2) is 14.6 Å². The largest absolute Gasteiger partial charge is 0.490 e. The fourth-order valence-electron chi connectivity index (χ4n) is 3.57. The minimum absolute atomic E-state index is 0.287. The van der Waals surface area contributed by atoms with Gasteiger partial charge in [-0.05, 0) is 19.9 Å². The smallest absolute Gasteiger partial charge is 0.475 e. The highest BCUT2D eigenvalue weighted by Crippen LogP contribution is 2.33. The van der Waals surface area contributed by atoms with Crippen LogP contribution in [-0.4, -0.2) is 105 Å². The average Bonchev–Trinajstić information content (AvgIpc) is 3.28. The lowest BCUT2D eigenvalue weighted by Gasteiger charge is -2.51. The molecule has 0 saturated carbocycles. The third-order valence-corrected chi connectivity index (χ3v) is 6.25. The van der Waals surface area contributed by atoms with Gasteiger partial charge in [-0.2, -0.15) is 26.3 Å². The van der Waals surface area contributed by atoms with Gasteiger partial charge in [-0.1, -0.05) is 6.08 Å². The van der Waals surface area contributed by atoms with Crippen molar-refractivity contribution in [3.63, 3.8) is 0 Å². The SMILES string of the molecule is C=CCN1CCN(C)C2(CCN(Cc3nccs3)CC2)C1=O.O=C(O)C(F)(F)F.O=C(O)C(F)(F)F. The third kappa shape index (κ3) is 9.05. The van der Waals surface area contributed by atoms with Crippen LogP contribution in [-0.2, 0) is 20.9 Å². The number of thiazole rings is 1. The molecule has 2 fully saturated rings. The molecule has 9 nitrogen and oxygen atoms in total. The number of carboxylic acid groups (broad SMARTS) is 2. The maximum atomic E-state index is 12.9. The van der Waals surface area contributed by atoms with E-state index in [0.29, 0.717) is 6.54 Å². The van der Waals surface area contributed by atoms with Crippen molar-refractivity contribution in [2.45, 2.75) is 37.3 Å². The number of likely N-dealkylation sites (N-methyl/N-ethyl adjacent to an activating group) is 1. The van der Waals surface area contributed by atoms with Crippen molar-refractivity contribution in [1.82, 2.24) is 19.7 Å². The molecule has 1 aromatic heterocycles. The van der Waals surface area contributed by atoms with Crippen LogP contribution in [0.5, 0.6) is 0 Å². The maximum absolute atomic E-state index is 12.9. The molecule has 3 heterocycles. The molecular weight excluding hydrogens is 522 g/mol. The van der Waals surface area contributed by atoms with Crippen molar-refractivity contribution in [3.8, 4) is 0 Å². The Balaban J connectivity index is 0.000000383. The van der Waals surface area contributed by atoms with Crippen LogP contribution in [0.4, 0.5) is 26.3 Å². The molecule has 0 radical (unpaired) electrons. The fraction of sp³-hybridized carbons (Fsp3) is 0.600. The monoisotopic (exact) mass is 548 g/mol. The Kier molecular flexibility index (Phi) is 11.3. The van der Waals surface area contributed by atoms with Crippen LogP contribution >= 0.6 is 11.3 Å². The molecule has 2 aliphatic rings. The fourth-order valence-corrected chi connectivity index (χ4v) is 4.23. The van der Waals surface area contributed by atoms with E-state index in [0.717, 1.165) is 50.6 Å². The average molecular weight is 549 g/mol. The second kappa shape index (κ2) is 13.0. The number of rotatable bonds is 4. The van der Waals surface area contributed by atoms with E-state index in [-0.39, 0.29) is 11.4 Å². The van der Waals surface area contributed by atoms with E-state index in [1.165, 1.54) is 0 Å². The normalized spacial score (nSPS) is 18.5. The van der Waals surface area contributed by atoms with Crippen molar-refractivity contribution in [3.05, 3.63) is 29.2 Å². The Morgan fingerprint density at radius 3 is 1.97 bits per heavy atom. The summed E-state index contributed by atoms with van der Waals surface area (Å²) < 4.78 is 63.5. The van der Waals surface area contributed by atoms with Crippen LogP contribution in [0.15, 0.2) is 24.2 Å². The highest BCUT2D eigenvalue weighted by Gasteiger charge is 2.48. The number of hydrogen-bond donors (Lipinski definition) is 2. The second-order valence-corrected chi connectivity index (χ2v) is 8.78. The molecule has 204 valence electrons. The van der Waals surface area contributed by atoms with Crippen LogP contribution in [0.2, 0.25) is 0 Å². The molecule has 0 unspecified atom stereocenters. The molecule has 0 aliphatic carbocycles. The Morgan fingerprint density at radius 2 is 1.58 bits per heavy atom. The first kappa shape index (κ1) is 31.3. The zero-order chi connectivity index (χ0) is 27.7. The van der Waals surface area contributed by atoms with Gasteiger partial charge in [0, 0.05) is 44.3 Å². The Hall–Kier alpha value is -2.72. The lowest BCUT2D eigenvalue weighted by molar-refractivity contribution is -0.193. The summed E-state index contributed by atoms with van der Waals surface area (Å²) >= 11 is 1.70. The van der Waals surface area contributed by atoms with Crippen LogP contribution in [0, 0.1) is 0 Å². The highest BCUT2D eigenvalue weighted by atomic mass is 32.1. The van der Waals surface area contributed by atoms with Gasteiger partial charge < -0.3 is 15.1 Å².